The lowest BCUT2D eigenvalue weighted by molar-refractivity contribution is -0.0615. The van der Waals surface area contributed by atoms with Gasteiger partial charge in [-0.15, -0.1) is 0 Å². The van der Waals surface area contributed by atoms with Crippen LogP contribution in [0.2, 0.25) is 0 Å². The fourth-order valence-electron chi connectivity index (χ4n) is 4.59. The number of para-hydroxylation sites is 1. The van der Waals surface area contributed by atoms with E-state index in [0.717, 1.165) is 30.6 Å². The predicted octanol–water partition coefficient (Wildman–Crippen LogP) is 4.08. The van der Waals surface area contributed by atoms with Crippen molar-refractivity contribution in [3.05, 3.63) is 53.3 Å². The Morgan fingerprint density at radius 3 is 2.71 bits per heavy atom. The molecule has 180 valence electrons. The number of fused-ring (bicyclic) bond motifs is 1. The largest absolute Gasteiger partial charge is 0.496 e. The van der Waals surface area contributed by atoms with Gasteiger partial charge < -0.3 is 24.7 Å². The third kappa shape index (κ3) is 4.77. The Kier molecular flexibility index (Phi) is 6.61. The van der Waals surface area contributed by atoms with Crippen LogP contribution in [0.25, 0.3) is 11.0 Å². The third-order valence-corrected chi connectivity index (χ3v) is 6.27. The van der Waals surface area contributed by atoms with E-state index in [1.807, 2.05) is 38.5 Å². The van der Waals surface area contributed by atoms with Crippen LogP contribution >= 0.6 is 0 Å². The molecule has 0 bridgehead atoms. The molecule has 1 atom stereocenters. The normalized spacial score (nSPS) is 17.4. The number of benzene rings is 2. The maximum Gasteiger partial charge on any atom is 0.259 e. The van der Waals surface area contributed by atoms with E-state index in [1.54, 1.807) is 30.3 Å². The van der Waals surface area contributed by atoms with E-state index in [0.29, 0.717) is 34.7 Å². The molecule has 1 saturated heterocycles. The van der Waals surface area contributed by atoms with Crippen molar-refractivity contribution in [1.82, 2.24) is 14.9 Å². The summed E-state index contributed by atoms with van der Waals surface area (Å²) in [6, 6.07) is 10.6. The summed E-state index contributed by atoms with van der Waals surface area (Å²) in [7, 11) is 3.44. The van der Waals surface area contributed by atoms with Crippen LogP contribution in [0.15, 0.2) is 36.4 Å². The van der Waals surface area contributed by atoms with Crippen LogP contribution in [0.3, 0.4) is 0 Å². The van der Waals surface area contributed by atoms with E-state index >= 15 is 0 Å². The molecule has 0 aliphatic carbocycles. The summed E-state index contributed by atoms with van der Waals surface area (Å²) in [6.45, 7) is 6.69. The minimum atomic E-state index is -0.318. The van der Waals surface area contributed by atoms with Gasteiger partial charge in [-0.1, -0.05) is 19.1 Å². The van der Waals surface area contributed by atoms with Gasteiger partial charge in [0, 0.05) is 31.7 Å². The van der Waals surface area contributed by atoms with Crippen LogP contribution in [0.1, 0.15) is 60.2 Å². The Labute approximate surface area is 199 Å². The fourth-order valence-corrected chi connectivity index (χ4v) is 4.59. The summed E-state index contributed by atoms with van der Waals surface area (Å²) < 4.78 is 13.1. The molecular formula is C26H32N4O4. The molecule has 8 heteroatoms. The zero-order chi connectivity index (χ0) is 24.5. The number of rotatable bonds is 6. The lowest BCUT2D eigenvalue weighted by atomic mass is 9.93. The molecule has 1 aromatic heterocycles. The van der Waals surface area contributed by atoms with Crippen molar-refractivity contribution in [2.45, 2.75) is 51.7 Å². The van der Waals surface area contributed by atoms with E-state index < -0.39 is 0 Å². The lowest BCUT2D eigenvalue weighted by Crippen LogP contribution is -2.45. The van der Waals surface area contributed by atoms with Gasteiger partial charge in [0.15, 0.2) is 0 Å². The highest BCUT2D eigenvalue weighted by molar-refractivity contribution is 6.11. The molecule has 2 aromatic carbocycles. The second-order valence-electron chi connectivity index (χ2n) is 9.26. The Morgan fingerprint density at radius 2 is 2.00 bits per heavy atom. The first-order valence-corrected chi connectivity index (χ1v) is 11.6. The molecule has 34 heavy (non-hydrogen) atoms. The van der Waals surface area contributed by atoms with Crippen molar-refractivity contribution in [3.63, 3.8) is 0 Å². The van der Waals surface area contributed by atoms with Crippen LogP contribution in [0.4, 0.5) is 5.69 Å². The Balaban J connectivity index is 1.69. The average Bonchev–Trinajstić information content (AvgIpc) is 3.14. The van der Waals surface area contributed by atoms with E-state index in [4.69, 9.17) is 14.5 Å². The van der Waals surface area contributed by atoms with Gasteiger partial charge in [-0.05, 0) is 51.0 Å². The summed E-state index contributed by atoms with van der Waals surface area (Å²) in [5, 5.41) is 6.12. The Bertz CT molecular complexity index is 1230. The molecular weight excluding hydrogens is 432 g/mol. The predicted molar refractivity (Wildman–Crippen MR) is 132 cm³/mol. The van der Waals surface area contributed by atoms with Crippen LogP contribution < -0.4 is 15.4 Å². The number of ether oxygens (including phenoxy) is 2. The first-order valence-electron chi connectivity index (χ1n) is 11.6. The molecule has 2 N–H and O–H groups in total. The summed E-state index contributed by atoms with van der Waals surface area (Å²) >= 11 is 0. The molecule has 1 aliphatic heterocycles. The monoisotopic (exact) mass is 464 g/mol. The molecule has 0 radical (unpaired) electrons. The number of hydrogen-bond donors (Lipinski definition) is 2. The van der Waals surface area contributed by atoms with Gasteiger partial charge in [0.25, 0.3) is 11.8 Å². The van der Waals surface area contributed by atoms with Crippen molar-refractivity contribution in [2.75, 3.05) is 19.0 Å². The fraction of sp³-hybridized carbons (Fsp3) is 0.423. The standard InChI is InChI=1S/C26H32N4O4/c1-6-22-28-19-13-16(24(31)27-17-11-12-34-26(2,3)15-17)14-20(23(19)30(22)4)29-25(32)18-9-7-8-10-21(18)33-5/h7-10,13-14,17H,6,11-12,15H2,1-5H3,(H,27,31)(H,29,32)/t17-/m1/s1. The Hall–Kier alpha value is -3.39. The zero-order valence-corrected chi connectivity index (χ0v) is 20.4. The molecule has 4 rings (SSSR count). The summed E-state index contributed by atoms with van der Waals surface area (Å²) in [4.78, 5) is 31.1. The van der Waals surface area contributed by atoms with E-state index in [9.17, 15) is 9.59 Å². The molecule has 2 amide bonds. The molecule has 0 spiro atoms. The lowest BCUT2D eigenvalue weighted by Gasteiger charge is -2.35. The highest BCUT2D eigenvalue weighted by Crippen LogP contribution is 2.29. The van der Waals surface area contributed by atoms with Crippen LogP contribution in [0, 0.1) is 0 Å². The van der Waals surface area contributed by atoms with Crippen LogP contribution in [-0.2, 0) is 18.2 Å². The number of methoxy groups -OCH3 is 1. The number of amides is 2. The highest BCUT2D eigenvalue weighted by atomic mass is 16.5. The number of carbonyl (C=O) groups excluding carboxylic acids is 2. The molecule has 1 aliphatic rings. The molecule has 0 saturated carbocycles. The molecule has 8 nitrogen and oxygen atoms in total. The van der Waals surface area contributed by atoms with Gasteiger partial charge in [-0.3, -0.25) is 9.59 Å². The van der Waals surface area contributed by atoms with Gasteiger partial charge in [-0.2, -0.15) is 0 Å². The van der Waals surface area contributed by atoms with Gasteiger partial charge in [0.1, 0.15) is 11.6 Å². The minimum absolute atomic E-state index is 0.0218. The number of nitrogens with zero attached hydrogens (tertiary/aromatic N) is 2. The number of imidazole rings is 1. The molecule has 0 unspecified atom stereocenters. The topological polar surface area (TPSA) is 94.5 Å². The summed E-state index contributed by atoms with van der Waals surface area (Å²) in [5.41, 5.74) is 2.55. The SMILES string of the molecule is CCc1nc2cc(C(=O)N[C@@H]3CCOC(C)(C)C3)cc(NC(=O)c3ccccc3OC)c2n1C. The van der Waals surface area contributed by atoms with Crippen LogP contribution in [-0.4, -0.2) is 46.7 Å². The number of aromatic nitrogens is 2. The smallest absolute Gasteiger partial charge is 0.259 e. The number of carbonyl (C=O) groups is 2. The summed E-state index contributed by atoms with van der Waals surface area (Å²) in [6.07, 6.45) is 2.23. The van der Waals surface area contributed by atoms with Gasteiger partial charge in [0.2, 0.25) is 0 Å². The highest BCUT2D eigenvalue weighted by Gasteiger charge is 2.30. The van der Waals surface area contributed by atoms with E-state index in [-0.39, 0.29) is 23.5 Å². The molecule has 1 fully saturated rings. The van der Waals surface area contributed by atoms with Crippen molar-refractivity contribution < 1.29 is 19.1 Å². The minimum Gasteiger partial charge on any atom is -0.496 e. The number of aryl methyl sites for hydroxylation is 2. The number of nitrogens with one attached hydrogen (secondary N) is 2. The first kappa shape index (κ1) is 23.8. The zero-order valence-electron chi connectivity index (χ0n) is 20.4. The first-order chi connectivity index (χ1) is 16.2. The molecule has 2 heterocycles. The van der Waals surface area contributed by atoms with Crippen molar-refractivity contribution in [2.24, 2.45) is 7.05 Å². The number of anilines is 1. The van der Waals surface area contributed by atoms with Gasteiger partial charge in [0.05, 0.1) is 35.0 Å². The third-order valence-electron chi connectivity index (χ3n) is 6.27. The van der Waals surface area contributed by atoms with E-state index in [2.05, 4.69) is 10.6 Å². The maximum absolute atomic E-state index is 13.2. The maximum atomic E-state index is 13.2. The Morgan fingerprint density at radius 1 is 1.24 bits per heavy atom. The quantitative estimate of drug-likeness (QED) is 0.573. The van der Waals surface area contributed by atoms with E-state index in [1.165, 1.54) is 7.11 Å². The van der Waals surface area contributed by atoms with Crippen molar-refractivity contribution >= 4 is 28.5 Å². The second kappa shape index (κ2) is 9.46. The molecule has 3 aromatic rings. The summed E-state index contributed by atoms with van der Waals surface area (Å²) in [5.74, 6) is 0.834. The van der Waals surface area contributed by atoms with Crippen molar-refractivity contribution in [1.29, 1.82) is 0 Å². The van der Waals surface area contributed by atoms with Gasteiger partial charge in [-0.25, -0.2) is 4.98 Å². The number of hydrogen-bond acceptors (Lipinski definition) is 5. The van der Waals surface area contributed by atoms with Gasteiger partial charge >= 0.3 is 0 Å². The van der Waals surface area contributed by atoms with Crippen molar-refractivity contribution in [3.8, 4) is 5.75 Å². The second-order valence-corrected chi connectivity index (χ2v) is 9.26. The van der Waals surface area contributed by atoms with Crippen LogP contribution in [0.5, 0.6) is 5.75 Å². The average molecular weight is 465 g/mol.